The molecule has 5 heteroatoms. The molecule has 2 heterocycles. The maximum Gasteiger partial charge on any atom is 0.242 e. The number of nitrogens with zero attached hydrogens (tertiary/aromatic N) is 1. The van der Waals surface area contributed by atoms with Crippen molar-refractivity contribution in [2.24, 2.45) is 5.41 Å². The molecule has 1 amide bonds. The van der Waals surface area contributed by atoms with Crippen molar-refractivity contribution in [3.63, 3.8) is 0 Å². The topological polar surface area (TPSA) is 63.5 Å². The van der Waals surface area contributed by atoms with Crippen LogP contribution in [0.15, 0.2) is 24.5 Å². The third-order valence-electron chi connectivity index (χ3n) is 3.98. The van der Waals surface area contributed by atoms with Crippen LogP contribution in [0.4, 0.5) is 0 Å². The first-order chi connectivity index (χ1) is 9.17. The summed E-state index contributed by atoms with van der Waals surface area (Å²) >= 11 is 0. The minimum Gasteiger partial charge on any atom is -0.396 e. The van der Waals surface area contributed by atoms with Crippen molar-refractivity contribution in [3.8, 4) is 0 Å². The minimum absolute atomic E-state index is 0.0180. The average molecular weight is 266 g/mol. The Hall–Kier alpha value is -1.33. The molecule has 0 aliphatic carbocycles. The number of aliphatic hydroxyl groups is 1. The molecule has 19 heavy (non-hydrogen) atoms. The summed E-state index contributed by atoms with van der Waals surface area (Å²) in [6.07, 6.45) is 5.34. The Morgan fingerprint density at radius 2 is 2.05 bits per heavy atom. The molecular weight excluding hydrogens is 244 g/mol. The van der Waals surface area contributed by atoms with Gasteiger partial charge in [0.15, 0.2) is 0 Å². The van der Waals surface area contributed by atoms with Crippen molar-refractivity contribution in [2.45, 2.75) is 25.8 Å². The lowest BCUT2D eigenvalue weighted by molar-refractivity contribution is -0.125. The van der Waals surface area contributed by atoms with E-state index in [0.29, 0.717) is 19.8 Å². The molecule has 2 rings (SSSR count). The maximum absolute atomic E-state index is 12.1. The maximum atomic E-state index is 12.1. The van der Waals surface area contributed by atoms with E-state index in [1.807, 2.05) is 36.0 Å². The number of rotatable bonds is 5. The fourth-order valence-electron chi connectivity index (χ4n) is 2.36. The average Bonchev–Trinajstić information content (AvgIpc) is 2.99. The predicted octanol–water partition coefficient (Wildman–Crippen LogP) is 0.954. The molecule has 0 radical (unpaired) electrons. The molecule has 0 bridgehead atoms. The van der Waals surface area contributed by atoms with Gasteiger partial charge in [-0.2, -0.15) is 0 Å². The number of carbonyl (C=O) groups excluding carboxylic acids is 1. The summed E-state index contributed by atoms with van der Waals surface area (Å²) in [5.74, 6) is -0.0180. The van der Waals surface area contributed by atoms with Crippen LogP contribution < -0.4 is 5.32 Å². The van der Waals surface area contributed by atoms with Crippen molar-refractivity contribution in [1.29, 1.82) is 0 Å². The lowest BCUT2D eigenvalue weighted by Crippen LogP contribution is -2.45. The van der Waals surface area contributed by atoms with Gasteiger partial charge in [0.2, 0.25) is 5.91 Å². The van der Waals surface area contributed by atoms with Crippen molar-refractivity contribution in [2.75, 3.05) is 26.4 Å². The second-order valence-corrected chi connectivity index (χ2v) is 5.29. The molecule has 1 aromatic heterocycles. The van der Waals surface area contributed by atoms with E-state index in [1.54, 1.807) is 0 Å². The van der Waals surface area contributed by atoms with Gasteiger partial charge in [0.25, 0.3) is 0 Å². The smallest absolute Gasteiger partial charge is 0.242 e. The summed E-state index contributed by atoms with van der Waals surface area (Å²) in [5.41, 5.74) is -0.218. The summed E-state index contributed by atoms with van der Waals surface area (Å²) in [5, 5.41) is 12.5. The zero-order valence-electron chi connectivity index (χ0n) is 11.3. The lowest BCUT2D eigenvalue weighted by Gasteiger charge is -2.35. The first-order valence-corrected chi connectivity index (χ1v) is 6.76. The number of nitrogens with one attached hydrogen (secondary N) is 1. The first-order valence-electron chi connectivity index (χ1n) is 6.76. The number of aromatic nitrogens is 1. The molecule has 0 saturated carbocycles. The number of hydrogen-bond donors (Lipinski definition) is 2. The zero-order valence-corrected chi connectivity index (χ0v) is 11.3. The van der Waals surface area contributed by atoms with Gasteiger partial charge in [-0.25, -0.2) is 0 Å². The van der Waals surface area contributed by atoms with Gasteiger partial charge in [-0.3, -0.25) is 4.79 Å². The van der Waals surface area contributed by atoms with Crippen molar-refractivity contribution in [3.05, 3.63) is 24.5 Å². The van der Waals surface area contributed by atoms with Crippen LogP contribution in [-0.4, -0.2) is 41.9 Å². The van der Waals surface area contributed by atoms with Gasteiger partial charge >= 0.3 is 0 Å². The number of hydrogen-bond acceptors (Lipinski definition) is 3. The van der Waals surface area contributed by atoms with Crippen LogP contribution in [0.1, 0.15) is 25.8 Å². The van der Waals surface area contributed by atoms with Gasteiger partial charge in [0, 0.05) is 37.6 Å². The highest BCUT2D eigenvalue weighted by atomic mass is 16.5. The van der Waals surface area contributed by atoms with Crippen LogP contribution in [0.2, 0.25) is 0 Å². The quantitative estimate of drug-likeness (QED) is 0.834. The Kier molecular flexibility index (Phi) is 4.61. The molecule has 1 fully saturated rings. The van der Waals surface area contributed by atoms with Crippen LogP contribution in [0.25, 0.3) is 0 Å². The molecule has 0 spiro atoms. The van der Waals surface area contributed by atoms with Gasteiger partial charge in [0.1, 0.15) is 6.04 Å². The minimum atomic E-state index is -0.231. The molecule has 1 atom stereocenters. The largest absolute Gasteiger partial charge is 0.396 e. The fraction of sp³-hybridized carbons (Fsp3) is 0.643. The summed E-state index contributed by atoms with van der Waals surface area (Å²) in [7, 11) is 0. The van der Waals surface area contributed by atoms with E-state index in [2.05, 4.69) is 5.32 Å². The molecule has 1 aliphatic heterocycles. The fourth-order valence-corrected chi connectivity index (χ4v) is 2.36. The van der Waals surface area contributed by atoms with Crippen molar-refractivity contribution < 1.29 is 14.6 Å². The second-order valence-electron chi connectivity index (χ2n) is 5.29. The van der Waals surface area contributed by atoms with Gasteiger partial charge in [-0.1, -0.05) is 0 Å². The monoisotopic (exact) mass is 266 g/mol. The summed E-state index contributed by atoms with van der Waals surface area (Å²) in [4.78, 5) is 12.1. The van der Waals surface area contributed by atoms with Gasteiger partial charge in [0.05, 0.1) is 6.61 Å². The molecule has 1 aromatic rings. The van der Waals surface area contributed by atoms with Crippen molar-refractivity contribution >= 4 is 5.91 Å². The van der Waals surface area contributed by atoms with E-state index in [9.17, 15) is 9.90 Å². The van der Waals surface area contributed by atoms with Crippen LogP contribution in [0, 0.1) is 5.41 Å². The summed E-state index contributed by atoms with van der Waals surface area (Å²) in [6.45, 7) is 3.78. The number of carbonyl (C=O) groups is 1. The normalized spacial score (nSPS) is 19.9. The summed E-state index contributed by atoms with van der Waals surface area (Å²) < 4.78 is 7.18. The van der Waals surface area contributed by atoms with Gasteiger partial charge < -0.3 is 19.7 Å². The molecule has 1 saturated heterocycles. The Morgan fingerprint density at radius 3 is 2.63 bits per heavy atom. The number of ether oxygens (including phenoxy) is 1. The Bertz CT molecular complexity index is 397. The Balaban J connectivity index is 1.88. The van der Waals surface area contributed by atoms with E-state index >= 15 is 0 Å². The highest BCUT2D eigenvalue weighted by Crippen LogP contribution is 2.29. The van der Waals surface area contributed by atoms with Crippen LogP contribution >= 0.6 is 0 Å². The highest BCUT2D eigenvalue weighted by Gasteiger charge is 2.32. The molecule has 1 aliphatic rings. The number of amides is 1. The van der Waals surface area contributed by atoms with E-state index in [0.717, 1.165) is 12.8 Å². The molecule has 5 nitrogen and oxygen atoms in total. The van der Waals surface area contributed by atoms with E-state index in [-0.39, 0.29) is 24.0 Å². The van der Waals surface area contributed by atoms with Gasteiger partial charge in [-0.05, 0) is 31.9 Å². The first kappa shape index (κ1) is 14.1. The van der Waals surface area contributed by atoms with Gasteiger partial charge in [-0.15, -0.1) is 0 Å². The van der Waals surface area contributed by atoms with Crippen LogP contribution in [0.3, 0.4) is 0 Å². The standard InChI is InChI=1S/C14H22N2O3/c1-12(16-6-2-3-7-16)13(18)15-10-14(11-17)4-8-19-9-5-14/h2-3,6-7,12,17H,4-5,8-11H2,1H3,(H,15,18). The zero-order chi connectivity index (χ0) is 13.7. The molecule has 2 N–H and O–H groups in total. The van der Waals surface area contributed by atoms with Crippen LogP contribution in [-0.2, 0) is 9.53 Å². The van der Waals surface area contributed by atoms with E-state index in [1.165, 1.54) is 0 Å². The molecule has 106 valence electrons. The highest BCUT2D eigenvalue weighted by molar-refractivity contribution is 5.79. The Morgan fingerprint density at radius 1 is 1.42 bits per heavy atom. The number of aliphatic hydroxyl groups excluding tert-OH is 1. The lowest BCUT2D eigenvalue weighted by atomic mass is 9.81. The predicted molar refractivity (Wildman–Crippen MR) is 71.7 cm³/mol. The third-order valence-corrected chi connectivity index (χ3v) is 3.98. The van der Waals surface area contributed by atoms with Crippen molar-refractivity contribution in [1.82, 2.24) is 9.88 Å². The second kappa shape index (κ2) is 6.21. The van der Waals surface area contributed by atoms with Crippen LogP contribution in [0.5, 0.6) is 0 Å². The third kappa shape index (κ3) is 3.36. The molecular formula is C14H22N2O3. The van der Waals surface area contributed by atoms with E-state index in [4.69, 9.17) is 4.74 Å². The van der Waals surface area contributed by atoms with E-state index < -0.39 is 0 Å². The SMILES string of the molecule is CC(C(=O)NCC1(CO)CCOCC1)n1cccc1. The Labute approximate surface area is 113 Å². The summed E-state index contributed by atoms with van der Waals surface area (Å²) in [6, 6.07) is 3.57. The molecule has 1 unspecified atom stereocenters. The molecule has 0 aromatic carbocycles.